The monoisotopic (exact) mass is 274 g/mol. The van der Waals surface area contributed by atoms with Crippen LogP contribution >= 0.6 is 0 Å². The first kappa shape index (κ1) is 12.6. The Hall–Kier alpha value is -2.43. The second kappa shape index (κ2) is 5.28. The molecule has 2 aromatic heterocycles. The molecule has 0 fully saturated rings. The van der Waals surface area contributed by atoms with E-state index in [2.05, 4.69) is 9.72 Å². The number of imidazole rings is 1. The van der Waals surface area contributed by atoms with Gasteiger partial charge < -0.3 is 9.14 Å². The van der Waals surface area contributed by atoms with Gasteiger partial charge in [-0.25, -0.2) is 4.98 Å². The normalized spacial score (nSPS) is 11.2. The number of hydrogen-bond donors (Lipinski definition) is 0. The quantitative estimate of drug-likeness (QED) is 0.727. The zero-order valence-corrected chi connectivity index (χ0v) is 10.5. The smallest absolute Gasteiger partial charge is 0.387 e. The lowest BCUT2D eigenvalue weighted by atomic mass is 10.1. The number of pyridine rings is 1. The van der Waals surface area contributed by atoms with Gasteiger partial charge in [0.1, 0.15) is 11.4 Å². The minimum absolute atomic E-state index is 0.216. The molecule has 3 nitrogen and oxygen atoms in total. The minimum atomic E-state index is -2.81. The molecule has 3 rings (SSSR count). The van der Waals surface area contributed by atoms with Crippen LogP contribution in [0.25, 0.3) is 5.65 Å². The molecule has 0 aliphatic rings. The Kier molecular flexibility index (Phi) is 3.33. The molecule has 0 radical (unpaired) electrons. The molecule has 0 atom stereocenters. The molecular weight excluding hydrogens is 262 g/mol. The van der Waals surface area contributed by atoms with Crippen LogP contribution in [0.15, 0.2) is 55.0 Å². The summed E-state index contributed by atoms with van der Waals surface area (Å²) in [5.41, 5.74) is 2.58. The van der Waals surface area contributed by atoms with Gasteiger partial charge in [-0.1, -0.05) is 24.3 Å². The van der Waals surface area contributed by atoms with Crippen LogP contribution in [0.3, 0.4) is 0 Å². The third-order valence-electron chi connectivity index (χ3n) is 3.03. The first-order chi connectivity index (χ1) is 9.72. The minimum Gasteiger partial charge on any atom is -0.435 e. The van der Waals surface area contributed by atoms with Crippen molar-refractivity contribution in [1.29, 1.82) is 0 Å². The van der Waals surface area contributed by atoms with Crippen LogP contribution in [0.1, 0.15) is 11.1 Å². The fourth-order valence-electron chi connectivity index (χ4n) is 2.15. The third-order valence-corrected chi connectivity index (χ3v) is 3.03. The predicted molar refractivity (Wildman–Crippen MR) is 71.1 cm³/mol. The first-order valence-corrected chi connectivity index (χ1v) is 6.17. The van der Waals surface area contributed by atoms with Crippen LogP contribution in [0.5, 0.6) is 5.75 Å². The number of para-hydroxylation sites is 1. The fourth-order valence-corrected chi connectivity index (χ4v) is 2.15. The van der Waals surface area contributed by atoms with Gasteiger partial charge in [0.2, 0.25) is 0 Å². The zero-order chi connectivity index (χ0) is 13.9. The van der Waals surface area contributed by atoms with Crippen molar-refractivity contribution >= 4 is 5.65 Å². The first-order valence-electron chi connectivity index (χ1n) is 6.17. The van der Waals surface area contributed by atoms with Gasteiger partial charge in [-0.3, -0.25) is 0 Å². The molecule has 5 heteroatoms. The van der Waals surface area contributed by atoms with Crippen molar-refractivity contribution in [2.45, 2.75) is 13.0 Å². The van der Waals surface area contributed by atoms with Gasteiger partial charge in [0.15, 0.2) is 0 Å². The Labute approximate surface area is 114 Å². The van der Waals surface area contributed by atoms with E-state index in [1.54, 1.807) is 24.4 Å². The summed E-state index contributed by atoms with van der Waals surface area (Å²) < 4.78 is 31.2. The second-order valence-corrected chi connectivity index (χ2v) is 4.39. The molecule has 0 saturated heterocycles. The van der Waals surface area contributed by atoms with Gasteiger partial charge in [0.05, 0.1) is 0 Å². The number of aromatic nitrogens is 2. The molecular formula is C15H12F2N2O. The van der Waals surface area contributed by atoms with Gasteiger partial charge in [-0.05, 0) is 23.3 Å². The topological polar surface area (TPSA) is 26.5 Å². The lowest BCUT2D eigenvalue weighted by Crippen LogP contribution is -2.04. The van der Waals surface area contributed by atoms with Gasteiger partial charge in [-0.2, -0.15) is 8.78 Å². The maximum Gasteiger partial charge on any atom is 0.387 e. The molecule has 1 aromatic carbocycles. The molecule has 102 valence electrons. The standard InChI is InChI=1S/C15H12F2N2O/c16-15(17)20-13-4-2-1-3-12(13)9-11-5-6-14-18-7-8-19(14)10-11/h1-8,10,15H,9H2. The highest BCUT2D eigenvalue weighted by Crippen LogP contribution is 2.23. The van der Waals surface area contributed by atoms with E-state index in [9.17, 15) is 8.78 Å². The Bertz CT molecular complexity index is 724. The van der Waals surface area contributed by atoms with Crippen molar-refractivity contribution in [1.82, 2.24) is 9.38 Å². The molecule has 0 bridgehead atoms. The van der Waals surface area contributed by atoms with Crippen molar-refractivity contribution in [3.63, 3.8) is 0 Å². The van der Waals surface area contributed by atoms with Crippen LogP contribution in [0.2, 0.25) is 0 Å². The van der Waals surface area contributed by atoms with Crippen molar-refractivity contribution in [3.8, 4) is 5.75 Å². The molecule has 0 aliphatic carbocycles. The van der Waals surface area contributed by atoms with Crippen molar-refractivity contribution in [3.05, 3.63) is 66.1 Å². The van der Waals surface area contributed by atoms with Crippen LogP contribution in [-0.4, -0.2) is 16.0 Å². The molecule has 20 heavy (non-hydrogen) atoms. The maximum absolute atomic E-state index is 12.4. The highest BCUT2D eigenvalue weighted by molar-refractivity contribution is 5.42. The molecule has 0 amide bonds. The van der Waals surface area contributed by atoms with E-state index in [1.165, 1.54) is 0 Å². The Morgan fingerprint density at radius 1 is 1.15 bits per heavy atom. The van der Waals surface area contributed by atoms with Gasteiger partial charge in [-0.15, -0.1) is 0 Å². The number of benzene rings is 1. The Morgan fingerprint density at radius 2 is 2.00 bits per heavy atom. The lowest BCUT2D eigenvalue weighted by Gasteiger charge is -2.10. The number of ether oxygens (including phenoxy) is 1. The van der Waals surface area contributed by atoms with Crippen molar-refractivity contribution < 1.29 is 13.5 Å². The summed E-state index contributed by atoms with van der Waals surface area (Å²) in [6.45, 7) is -2.81. The highest BCUT2D eigenvalue weighted by atomic mass is 19.3. The Morgan fingerprint density at radius 3 is 2.85 bits per heavy atom. The van der Waals surface area contributed by atoms with E-state index in [0.29, 0.717) is 6.42 Å². The van der Waals surface area contributed by atoms with Gasteiger partial charge >= 0.3 is 6.61 Å². The average Bonchev–Trinajstić information content (AvgIpc) is 2.88. The molecule has 3 aromatic rings. The fraction of sp³-hybridized carbons (Fsp3) is 0.133. The maximum atomic E-state index is 12.4. The molecule has 0 N–H and O–H groups in total. The number of fused-ring (bicyclic) bond motifs is 1. The van der Waals surface area contributed by atoms with Gasteiger partial charge in [0, 0.05) is 25.0 Å². The van der Waals surface area contributed by atoms with Crippen molar-refractivity contribution in [2.24, 2.45) is 0 Å². The molecule has 2 heterocycles. The average molecular weight is 274 g/mol. The predicted octanol–water partition coefficient (Wildman–Crippen LogP) is 3.53. The third kappa shape index (κ3) is 2.61. The van der Waals surface area contributed by atoms with E-state index in [0.717, 1.165) is 16.8 Å². The van der Waals surface area contributed by atoms with Crippen LogP contribution in [-0.2, 0) is 6.42 Å². The SMILES string of the molecule is FC(F)Oc1ccccc1Cc1ccc2nccn2c1. The Balaban J connectivity index is 1.90. The lowest BCUT2D eigenvalue weighted by molar-refractivity contribution is -0.0503. The number of rotatable bonds is 4. The number of halogens is 2. The summed E-state index contributed by atoms with van der Waals surface area (Å²) in [4.78, 5) is 4.16. The van der Waals surface area contributed by atoms with E-state index in [1.807, 2.05) is 35.0 Å². The molecule has 0 spiro atoms. The summed E-state index contributed by atoms with van der Waals surface area (Å²) >= 11 is 0. The number of alkyl halides is 2. The van der Waals surface area contributed by atoms with Gasteiger partial charge in [0.25, 0.3) is 0 Å². The van der Waals surface area contributed by atoms with Crippen LogP contribution < -0.4 is 4.74 Å². The van der Waals surface area contributed by atoms with E-state index < -0.39 is 6.61 Å². The number of nitrogens with zero attached hydrogens (tertiary/aromatic N) is 2. The summed E-state index contributed by atoms with van der Waals surface area (Å²) in [6.07, 6.45) is 6.02. The van der Waals surface area contributed by atoms with Crippen LogP contribution in [0, 0.1) is 0 Å². The summed E-state index contributed by atoms with van der Waals surface area (Å²) in [6, 6.07) is 10.7. The summed E-state index contributed by atoms with van der Waals surface area (Å²) in [7, 11) is 0. The largest absolute Gasteiger partial charge is 0.435 e. The van der Waals surface area contributed by atoms with E-state index >= 15 is 0 Å². The zero-order valence-electron chi connectivity index (χ0n) is 10.5. The molecule has 0 unspecified atom stereocenters. The number of hydrogen-bond acceptors (Lipinski definition) is 2. The van der Waals surface area contributed by atoms with Crippen molar-refractivity contribution in [2.75, 3.05) is 0 Å². The second-order valence-electron chi connectivity index (χ2n) is 4.39. The highest BCUT2D eigenvalue weighted by Gasteiger charge is 2.09. The van der Waals surface area contributed by atoms with E-state index in [-0.39, 0.29) is 5.75 Å². The van der Waals surface area contributed by atoms with Crippen LogP contribution in [0.4, 0.5) is 8.78 Å². The molecule has 0 aliphatic heterocycles. The summed E-state index contributed by atoms with van der Waals surface area (Å²) in [5, 5.41) is 0. The summed E-state index contributed by atoms with van der Waals surface area (Å²) in [5.74, 6) is 0.216. The molecule has 0 saturated carbocycles. The van der Waals surface area contributed by atoms with E-state index in [4.69, 9.17) is 0 Å².